The van der Waals surface area contributed by atoms with Crippen LogP contribution in [0.25, 0.3) is 0 Å². The number of ether oxygens (including phenoxy) is 3. The summed E-state index contributed by atoms with van der Waals surface area (Å²) >= 11 is 0. The van der Waals surface area contributed by atoms with E-state index in [0.29, 0.717) is 40.9 Å². The molecule has 3 unspecified atom stereocenters. The number of methoxy groups -OCH3 is 1. The van der Waals surface area contributed by atoms with Crippen LogP contribution in [0.4, 0.5) is 0 Å². The molecule has 0 saturated heterocycles. The Morgan fingerprint density at radius 2 is 1.42 bits per heavy atom. The highest BCUT2D eigenvalue weighted by Gasteiger charge is 2.73. The van der Waals surface area contributed by atoms with Gasteiger partial charge in [-0.05, 0) is 207 Å². The lowest BCUT2D eigenvalue weighted by Crippen LogP contribution is -2.67. The highest BCUT2D eigenvalue weighted by Crippen LogP contribution is 2.78. The molecule has 5 nitrogen and oxygen atoms in total. The number of fused-ring (bicyclic) bond motifs is 12. The van der Waals surface area contributed by atoms with Gasteiger partial charge < -0.3 is 14.2 Å². The number of rotatable bonds is 11. The third-order valence-electron chi connectivity index (χ3n) is 24.8. The second kappa shape index (κ2) is 17.2. The predicted octanol–water partition coefficient (Wildman–Crippen LogP) is 15.2. The van der Waals surface area contributed by atoms with Crippen LogP contribution < -0.4 is 0 Å². The summed E-state index contributed by atoms with van der Waals surface area (Å²) in [4.78, 5) is 28.1. The topological polar surface area (TPSA) is 61.8 Å². The molecule has 0 aliphatic heterocycles. The normalized spacial score (nSPS) is 49.0. The minimum absolute atomic E-state index is 0.0281. The number of esters is 2. The van der Waals surface area contributed by atoms with Crippen molar-refractivity contribution in [3.05, 3.63) is 11.6 Å². The van der Waals surface area contributed by atoms with Gasteiger partial charge >= 0.3 is 11.9 Å². The number of hydrogen-bond donors (Lipinski definition) is 0. The fraction of sp³-hybridized carbons (Fsp3) is 0.933. The SMILES string of the molecule is COCC(=O)O[C@H]1CC[C@@]2(C)C(CC[C@]3(C)[C@@H]2CC[C@@H]2C4C(C(C)C)CC[C@]4(C(=O)O[C@@H]4CC[C@@]5(C)C(=CC[C@H]6[C@@H]7CC[C@H]([C@H](C)CCCC(C)C)[C@@]7(C)CC[C@@H]65)C4)CC[C@]23C)C1(C)C. The Hall–Kier alpha value is -1.36. The molecule has 0 N–H and O–H groups in total. The second-order valence-corrected chi connectivity index (χ2v) is 28.1. The van der Waals surface area contributed by atoms with E-state index < -0.39 is 0 Å². The molecule has 8 fully saturated rings. The molecule has 0 heterocycles. The fourth-order valence-electron chi connectivity index (χ4n) is 21.3. The summed E-state index contributed by atoms with van der Waals surface area (Å²) in [6, 6.07) is 0. The van der Waals surface area contributed by atoms with E-state index in [-0.39, 0.29) is 63.2 Å². The fourth-order valence-corrected chi connectivity index (χ4v) is 21.3. The Morgan fingerprint density at radius 1 is 0.677 bits per heavy atom. The van der Waals surface area contributed by atoms with Gasteiger partial charge in [0.1, 0.15) is 18.8 Å². The van der Waals surface area contributed by atoms with E-state index >= 15 is 4.79 Å². The first kappa shape index (κ1) is 48.7. The van der Waals surface area contributed by atoms with Crippen molar-refractivity contribution in [2.75, 3.05) is 13.7 Å². The summed E-state index contributed by atoms with van der Waals surface area (Å²) < 4.78 is 18.4. The van der Waals surface area contributed by atoms with Gasteiger partial charge in [-0.2, -0.15) is 0 Å². The van der Waals surface area contributed by atoms with Crippen LogP contribution in [-0.4, -0.2) is 37.9 Å². The highest BCUT2D eigenvalue weighted by molar-refractivity contribution is 5.78. The third kappa shape index (κ3) is 7.38. The maximum atomic E-state index is 15.4. The monoisotopic (exact) mass is 899 g/mol. The van der Waals surface area contributed by atoms with Gasteiger partial charge in [0.05, 0.1) is 5.41 Å². The van der Waals surface area contributed by atoms with Gasteiger partial charge in [0, 0.05) is 18.9 Å². The zero-order chi connectivity index (χ0) is 46.7. The molecule has 8 saturated carbocycles. The summed E-state index contributed by atoms with van der Waals surface area (Å²) in [6.07, 6.45) is 28.4. The van der Waals surface area contributed by atoms with Crippen molar-refractivity contribution in [3.8, 4) is 0 Å². The van der Waals surface area contributed by atoms with Crippen molar-refractivity contribution in [2.24, 2.45) is 109 Å². The van der Waals surface area contributed by atoms with E-state index in [1.807, 2.05) is 0 Å². The first-order valence-electron chi connectivity index (χ1n) is 28.2. The summed E-state index contributed by atoms with van der Waals surface area (Å²) in [5.74, 6) is 8.33. The van der Waals surface area contributed by atoms with Crippen molar-refractivity contribution < 1.29 is 23.8 Å². The molecule has 9 aliphatic carbocycles. The molecule has 0 aromatic carbocycles. The maximum Gasteiger partial charge on any atom is 0.332 e. The average molecular weight is 899 g/mol. The van der Waals surface area contributed by atoms with Gasteiger partial charge in [-0.25, -0.2) is 4.79 Å². The standard InChI is InChI=1S/C60H98O5/c1-37(2)15-14-16-39(5)44-19-20-45-43-18-17-40-35-41(23-28-55(40,8)46(43)25-29-56(44,45)9)64-53(62)60-32-24-42(38(3)4)52(60)47-21-22-49-57(10)30-27-50(65-51(61)36-63-13)54(6,7)48(57)26-31-59(49,12)58(47,11)33-34-60/h17,37-39,41-50,52H,14-16,18-36H2,1-13H3/t39-,41-,42?,43+,44-,45+,46+,47-,48?,49-,50+,52?,55+,56-,57+,58-,59-,60+/m1/s1. The molecule has 0 spiro atoms. The van der Waals surface area contributed by atoms with Gasteiger partial charge in [0.2, 0.25) is 0 Å². The molecule has 0 bridgehead atoms. The molecule has 65 heavy (non-hydrogen) atoms. The Labute approximate surface area is 398 Å². The third-order valence-corrected chi connectivity index (χ3v) is 24.8. The van der Waals surface area contributed by atoms with Crippen LogP contribution in [0.15, 0.2) is 11.6 Å². The van der Waals surface area contributed by atoms with Crippen molar-refractivity contribution >= 4 is 11.9 Å². The van der Waals surface area contributed by atoms with Crippen LogP contribution in [0.5, 0.6) is 0 Å². The Bertz CT molecular complexity index is 1810. The van der Waals surface area contributed by atoms with Crippen LogP contribution >= 0.6 is 0 Å². The van der Waals surface area contributed by atoms with Crippen LogP contribution in [-0.2, 0) is 23.8 Å². The Balaban J connectivity index is 0.900. The summed E-state index contributed by atoms with van der Waals surface area (Å²) in [6.45, 7) is 30.5. The summed E-state index contributed by atoms with van der Waals surface area (Å²) in [5, 5.41) is 0. The van der Waals surface area contributed by atoms with E-state index in [2.05, 4.69) is 89.2 Å². The minimum Gasteiger partial charge on any atom is -0.462 e. The van der Waals surface area contributed by atoms with Crippen molar-refractivity contribution in [1.29, 1.82) is 0 Å². The molecule has 9 aliphatic rings. The first-order chi connectivity index (χ1) is 30.6. The van der Waals surface area contributed by atoms with Crippen molar-refractivity contribution in [2.45, 2.75) is 230 Å². The quantitative estimate of drug-likeness (QED) is 0.153. The zero-order valence-electron chi connectivity index (χ0n) is 44.3. The van der Waals surface area contributed by atoms with E-state index in [0.717, 1.165) is 80.5 Å². The smallest absolute Gasteiger partial charge is 0.332 e. The lowest BCUT2D eigenvalue weighted by atomic mass is 9.32. The van der Waals surface area contributed by atoms with E-state index in [4.69, 9.17) is 14.2 Å². The Morgan fingerprint density at radius 3 is 2.14 bits per heavy atom. The number of hydrogen-bond acceptors (Lipinski definition) is 5. The first-order valence-corrected chi connectivity index (χ1v) is 28.2. The molecule has 18 atom stereocenters. The minimum atomic E-state index is -0.332. The number of carbonyl (C=O) groups is 2. The van der Waals surface area contributed by atoms with Gasteiger partial charge in [0.15, 0.2) is 0 Å². The predicted molar refractivity (Wildman–Crippen MR) is 264 cm³/mol. The molecule has 0 radical (unpaired) electrons. The highest BCUT2D eigenvalue weighted by atomic mass is 16.6. The lowest BCUT2D eigenvalue weighted by Gasteiger charge is -2.72. The number of carbonyl (C=O) groups excluding carboxylic acids is 2. The molecule has 368 valence electrons. The summed E-state index contributed by atoms with van der Waals surface area (Å²) in [5.41, 5.74) is 2.65. The molecular weight excluding hydrogens is 801 g/mol. The lowest BCUT2D eigenvalue weighted by molar-refractivity contribution is -0.253. The van der Waals surface area contributed by atoms with Crippen molar-refractivity contribution in [3.63, 3.8) is 0 Å². The van der Waals surface area contributed by atoms with E-state index in [1.165, 1.54) is 89.9 Å². The van der Waals surface area contributed by atoms with Gasteiger partial charge in [-0.15, -0.1) is 0 Å². The molecule has 5 heteroatoms. The number of allylic oxidation sites excluding steroid dienone is 1. The molecule has 0 amide bonds. The second-order valence-electron chi connectivity index (χ2n) is 28.1. The molecule has 0 aromatic rings. The molecule has 0 aromatic heterocycles. The summed E-state index contributed by atoms with van der Waals surface area (Å²) in [7, 11) is 1.58. The van der Waals surface area contributed by atoms with Gasteiger partial charge in [0.25, 0.3) is 0 Å². The van der Waals surface area contributed by atoms with Gasteiger partial charge in [-0.3, -0.25) is 4.79 Å². The van der Waals surface area contributed by atoms with Gasteiger partial charge in [-0.1, -0.05) is 114 Å². The maximum absolute atomic E-state index is 15.4. The van der Waals surface area contributed by atoms with Crippen LogP contribution in [0, 0.1) is 109 Å². The zero-order valence-corrected chi connectivity index (χ0v) is 44.3. The van der Waals surface area contributed by atoms with E-state index in [9.17, 15) is 4.79 Å². The van der Waals surface area contributed by atoms with Crippen LogP contribution in [0.3, 0.4) is 0 Å². The largest absolute Gasteiger partial charge is 0.462 e. The van der Waals surface area contributed by atoms with Crippen LogP contribution in [0.1, 0.15) is 218 Å². The van der Waals surface area contributed by atoms with E-state index in [1.54, 1.807) is 12.7 Å². The molecular formula is C60H98O5. The molecule has 9 rings (SSSR count). The Kier molecular flexibility index (Phi) is 12.9. The van der Waals surface area contributed by atoms with Crippen LogP contribution in [0.2, 0.25) is 0 Å². The van der Waals surface area contributed by atoms with Crippen molar-refractivity contribution in [1.82, 2.24) is 0 Å². The average Bonchev–Trinajstić information content (AvgIpc) is 3.82.